The van der Waals surface area contributed by atoms with Crippen LogP contribution < -0.4 is 5.32 Å². The number of nitrogens with zero attached hydrogens (tertiary/aromatic N) is 1. The number of thioether (sulfide) groups is 1. The number of carboxylic acids is 1. The van der Waals surface area contributed by atoms with Crippen LogP contribution in [0.1, 0.15) is 30.0 Å². The maximum Gasteiger partial charge on any atom is 0.337 e. The van der Waals surface area contributed by atoms with E-state index in [4.69, 9.17) is 16.6 Å². The van der Waals surface area contributed by atoms with Gasteiger partial charge in [0.15, 0.2) is 0 Å². The molecule has 2 heterocycles. The highest BCUT2D eigenvalue weighted by atomic mass is 32.2. The molecule has 1 atom stereocenters. The van der Waals surface area contributed by atoms with Gasteiger partial charge in [-0.15, -0.1) is 0 Å². The number of hydrogen-bond acceptors (Lipinski definition) is 7. The molecule has 8 nitrogen and oxygen atoms in total. The molecule has 1 aliphatic rings. The minimum Gasteiger partial charge on any atom is -0.508 e. The first kappa shape index (κ1) is 21.6. The van der Waals surface area contributed by atoms with Gasteiger partial charge in [0.25, 0.3) is 5.91 Å². The number of amides is 2. The maximum absolute atomic E-state index is 13.0. The topological polar surface area (TPSA) is 120 Å². The minimum absolute atomic E-state index is 0.00696. The molecule has 2 aromatic rings. The van der Waals surface area contributed by atoms with Gasteiger partial charge in [-0.2, -0.15) is 0 Å². The average molecular weight is 447 g/mol. The number of carbonyl (C=O) groups excluding carboxylic acids is 2. The van der Waals surface area contributed by atoms with Crippen molar-refractivity contribution in [1.82, 2.24) is 4.90 Å². The predicted octanol–water partition coefficient (Wildman–Crippen LogP) is 3.55. The van der Waals surface area contributed by atoms with E-state index in [0.29, 0.717) is 10.7 Å². The molecule has 0 saturated carbocycles. The molecule has 10 heteroatoms. The first-order chi connectivity index (χ1) is 14.2. The lowest BCUT2D eigenvalue weighted by Crippen LogP contribution is -2.49. The fourth-order valence-corrected chi connectivity index (χ4v) is 4.27. The Labute approximate surface area is 181 Å². The van der Waals surface area contributed by atoms with E-state index in [-0.39, 0.29) is 27.2 Å². The number of nitrogens with one attached hydrogen (secondary N) is 1. The number of phenolic OH excluding ortho intramolecular Hbond substituents is 1. The summed E-state index contributed by atoms with van der Waals surface area (Å²) in [6, 6.07) is 6.00. The number of rotatable bonds is 6. The van der Waals surface area contributed by atoms with E-state index >= 15 is 0 Å². The van der Waals surface area contributed by atoms with E-state index in [1.807, 2.05) is 0 Å². The molecule has 3 rings (SSSR count). The number of phenols is 1. The molecule has 2 amide bonds. The molecule has 0 bridgehead atoms. The fourth-order valence-electron chi connectivity index (χ4n) is 2.97. The molecule has 0 aliphatic carbocycles. The van der Waals surface area contributed by atoms with Crippen LogP contribution in [0.25, 0.3) is 6.08 Å². The predicted molar refractivity (Wildman–Crippen MR) is 116 cm³/mol. The first-order valence-electron chi connectivity index (χ1n) is 8.86. The lowest BCUT2D eigenvalue weighted by atomic mass is 10.0. The monoisotopic (exact) mass is 446 g/mol. The smallest absolute Gasteiger partial charge is 0.337 e. The van der Waals surface area contributed by atoms with Gasteiger partial charge < -0.3 is 19.9 Å². The number of aromatic hydroxyl groups is 1. The maximum atomic E-state index is 13.0. The lowest BCUT2D eigenvalue weighted by molar-refractivity contribution is -0.131. The second-order valence-corrected chi connectivity index (χ2v) is 8.46. The van der Waals surface area contributed by atoms with Gasteiger partial charge in [-0.05, 0) is 36.2 Å². The number of anilines is 1. The normalized spacial score (nSPS) is 16.4. The summed E-state index contributed by atoms with van der Waals surface area (Å²) in [7, 11) is 0. The largest absolute Gasteiger partial charge is 0.508 e. The van der Waals surface area contributed by atoms with Gasteiger partial charge in [0, 0.05) is 6.08 Å². The second kappa shape index (κ2) is 8.72. The zero-order chi connectivity index (χ0) is 22.0. The van der Waals surface area contributed by atoms with Crippen LogP contribution in [-0.4, -0.2) is 43.3 Å². The standard InChI is InChI=1S/C20H18N2O6S2/c1-10(2)16(17(24)21-14-6-5-11(23)8-13(14)19(26)27)22-18(25)15(30-20(22)29)9-12-4-3-7-28-12/h3-10,16,23H,1-2H3,(H,21,24)(H,26,27). The van der Waals surface area contributed by atoms with E-state index in [0.717, 1.165) is 17.8 Å². The second-order valence-electron chi connectivity index (χ2n) is 6.78. The summed E-state index contributed by atoms with van der Waals surface area (Å²) >= 11 is 6.40. The Morgan fingerprint density at radius 1 is 1.30 bits per heavy atom. The molecule has 1 saturated heterocycles. The zero-order valence-corrected chi connectivity index (χ0v) is 17.6. The van der Waals surface area contributed by atoms with Gasteiger partial charge in [0.05, 0.1) is 22.4 Å². The third kappa shape index (κ3) is 4.39. The molecule has 0 spiro atoms. The summed E-state index contributed by atoms with van der Waals surface area (Å²) in [6.07, 6.45) is 3.03. The van der Waals surface area contributed by atoms with Gasteiger partial charge >= 0.3 is 5.97 Å². The molecule has 156 valence electrons. The molecular weight excluding hydrogens is 428 g/mol. The number of carboxylic acid groups (broad SMARTS) is 1. The molecule has 1 aliphatic heterocycles. The van der Waals surface area contributed by atoms with Crippen molar-refractivity contribution in [2.45, 2.75) is 19.9 Å². The number of furan rings is 1. The van der Waals surface area contributed by atoms with Crippen molar-refractivity contribution in [3.05, 3.63) is 52.8 Å². The van der Waals surface area contributed by atoms with Crippen LogP contribution in [0, 0.1) is 5.92 Å². The molecular formula is C20H18N2O6S2. The Bertz CT molecular complexity index is 1050. The van der Waals surface area contributed by atoms with E-state index in [9.17, 15) is 24.6 Å². The Kier molecular flexibility index (Phi) is 6.28. The van der Waals surface area contributed by atoms with Crippen molar-refractivity contribution in [1.29, 1.82) is 0 Å². The highest BCUT2D eigenvalue weighted by Crippen LogP contribution is 2.36. The van der Waals surface area contributed by atoms with Crippen molar-refractivity contribution in [3.63, 3.8) is 0 Å². The quantitative estimate of drug-likeness (QED) is 0.350. The Morgan fingerprint density at radius 2 is 2.03 bits per heavy atom. The van der Waals surface area contributed by atoms with Crippen molar-refractivity contribution in [2.24, 2.45) is 5.92 Å². The summed E-state index contributed by atoms with van der Waals surface area (Å²) in [6.45, 7) is 3.52. The van der Waals surface area contributed by atoms with Crippen LogP contribution in [0.3, 0.4) is 0 Å². The van der Waals surface area contributed by atoms with Crippen molar-refractivity contribution >= 4 is 57.8 Å². The zero-order valence-electron chi connectivity index (χ0n) is 16.0. The molecule has 3 N–H and O–H groups in total. The van der Waals surface area contributed by atoms with Crippen LogP contribution >= 0.6 is 24.0 Å². The Balaban J connectivity index is 1.89. The van der Waals surface area contributed by atoms with E-state index in [1.165, 1.54) is 23.3 Å². The highest BCUT2D eigenvalue weighted by Gasteiger charge is 2.42. The SMILES string of the molecule is CC(C)C(C(=O)Nc1ccc(O)cc1C(=O)O)N1C(=O)C(=Cc2ccco2)SC1=S. The first-order valence-corrected chi connectivity index (χ1v) is 10.1. The van der Waals surface area contributed by atoms with Gasteiger partial charge in [-0.1, -0.05) is 37.8 Å². The number of benzene rings is 1. The van der Waals surface area contributed by atoms with Crippen LogP contribution in [0.15, 0.2) is 45.9 Å². The summed E-state index contributed by atoms with van der Waals surface area (Å²) in [5.41, 5.74) is -0.263. The average Bonchev–Trinajstić information content (AvgIpc) is 3.27. The fraction of sp³-hybridized carbons (Fsp3) is 0.200. The van der Waals surface area contributed by atoms with E-state index in [1.54, 1.807) is 32.1 Å². The number of thiocarbonyl (C=S) groups is 1. The van der Waals surface area contributed by atoms with Crippen molar-refractivity contribution < 1.29 is 29.0 Å². The Morgan fingerprint density at radius 3 is 2.63 bits per heavy atom. The van der Waals surface area contributed by atoms with Crippen LogP contribution in [0.4, 0.5) is 5.69 Å². The van der Waals surface area contributed by atoms with Gasteiger partial charge in [0.2, 0.25) is 5.91 Å². The molecule has 1 aromatic carbocycles. The summed E-state index contributed by atoms with van der Waals surface area (Å²) in [5.74, 6) is -2.41. The number of hydrogen-bond donors (Lipinski definition) is 3. The summed E-state index contributed by atoms with van der Waals surface area (Å²) < 4.78 is 5.45. The lowest BCUT2D eigenvalue weighted by Gasteiger charge is -2.29. The Hall–Kier alpha value is -3.11. The molecule has 1 aromatic heterocycles. The van der Waals surface area contributed by atoms with Crippen LogP contribution in [0.2, 0.25) is 0 Å². The molecule has 0 radical (unpaired) electrons. The molecule has 1 fully saturated rings. The summed E-state index contributed by atoms with van der Waals surface area (Å²) in [5, 5.41) is 21.4. The molecule has 1 unspecified atom stereocenters. The number of carbonyl (C=O) groups is 3. The highest BCUT2D eigenvalue weighted by molar-refractivity contribution is 8.26. The van der Waals surface area contributed by atoms with Gasteiger partial charge in [-0.25, -0.2) is 4.79 Å². The summed E-state index contributed by atoms with van der Waals surface area (Å²) in [4.78, 5) is 39.0. The molecule has 30 heavy (non-hydrogen) atoms. The van der Waals surface area contributed by atoms with Crippen LogP contribution in [-0.2, 0) is 9.59 Å². The van der Waals surface area contributed by atoms with Crippen molar-refractivity contribution in [2.75, 3.05) is 5.32 Å². The number of aromatic carboxylic acids is 1. The third-order valence-corrected chi connectivity index (χ3v) is 5.64. The van der Waals surface area contributed by atoms with E-state index < -0.39 is 23.8 Å². The van der Waals surface area contributed by atoms with Gasteiger partial charge in [-0.3, -0.25) is 14.5 Å². The minimum atomic E-state index is -1.31. The third-order valence-electron chi connectivity index (χ3n) is 4.31. The van der Waals surface area contributed by atoms with Gasteiger partial charge in [0.1, 0.15) is 21.9 Å². The van der Waals surface area contributed by atoms with E-state index in [2.05, 4.69) is 5.32 Å². The van der Waals surface area contributed by atoms with Crippen LogP contribution in [0.5, 0.6) is 5.75 Å². The van der Waals surface area contributed by atoms with Crippen molar-refractivity contribution in [3.8, 4) is 5.75 Å².